The number of aromatic nitrogens is 2. The number of hydrogen-bond donors (Lipinski definition) is 1. The number of carbonyl (C=O) groups excluding carboxylic acids is 1. The second-order valence-corrected chi connectivity index (χ2v) is 13.5. The zero-order chi connectivity index (χ0) is 17.7. The van der Waals surface area contributed by atoms with Crippen molar-refractivity contribution in [2.75, 3.05) is 13.7 Å². The SMILES string of the molecule is COC(=O)CCc1cc2nc(C(Br)OCC[Si](C)(C)C)ccc2[nH]1. The summed E-state index contributed by atoms with van der Waals surface area (Å²) in [4.78, 5) is 19.2. The third kappa shape index (κ3) is 5.72. The topological polar surface area (TPSA) is 64.2 Å². The summed E-state index contributed by atoms with van der Waals surface area (Å²) in [5.41, 5.74) is 3.67. The number of H-pyrrole nitrogens is 1. The summed E-state index contributed by atoms with van der Waals surface area (Å²) in [6.45, 7) is 7.74. The summed E-state index contributed by atoms with van der Waals surface area (Å²) in [6, 6.07) is 7.05. The van der Waals surface area contributed by atoms with Crippen molar-refractivity contribution in [3.63, 3.8) is 0 Å². The number of pyridine rings is 1. The number of nitrogens with zero attached hydrogens (tertiary/aromatic N) is 1. The van der Waals surface area contributed by atoms with Gasteiger partial charge in [-0.25, -0.2) is 4.98 Å². The number of nitrogens with one attached hydrogen (secondary N) is 1. The highest BCUT2D eigenvalue weighted by molar-refractivity contribution is 9.09. The van der Waals surface area contributed by atoms with E-state index >= 15 is 0 Å². The first-order valence-electron chi connectivity index (χ1n) is 8.09. The number of aryl methyl sites for hydroxylation is 1. The molecule has 1 atom stereocenters. The van der Waals surface area contributed by atoms with Gasteiger partial charge in [-0.05, 0) is 30.7 Å². The summed E-state index contributed by atoms with van der Waals surface area (Å²) in [6.07, 6.45) is 0.972. The molecule has 0 bridgehead atoms. The Balaban J connectivity index is 2.00. The van der Waals surface area contributed by atoms with Crippen molar-refractivity contribution in [2.24, 2.45) is 0 Å². The molecule has 0 radical (unpaired) electrons. The highest BCUT2D eigenvalue weighted by Gasteiger charge is 2.16. The van der Waals surface area contributed by atoms with Gasteiger partial charge in [-0.3, -0.25) is 4.79 Å². The molecule has 24 heavy (non-hydrogen) atoms. The van der Waals surface area contributed by atoms with Crippen molar-refractivity contribution in [1.29, 1.82) is 0 Å². The van der Waals surface area contributed by atoms with Crippen LogP contribution in [0.3, 0.4) is 0 Å². The smallest absolute Gasteiger partial charge is 0.305 e. The lowest BCUT2D eigenvalue weighted by Gasteiger charge is -2.17. The van der Waals surface area contributed by atoms with Crippen molar-refractivity contribution in [1.82, 2.24) is 9.97 Å². The largest absolute Gasteiger partial charge is 0.469 e. The Labute approximate surface area is 152 Å². The highest BCUT2D eigenvalue weighted by atomic mass is 79.9. The number of halogens is 1. The maximum Gasteiger partial charge on any atom is 0.305 e. The predicted octanol–water partition coefficient (Wildman–Crippen LogP) is 4.42. The minimum absolute atomic E-state index is 0.202. The van der Waals surface area contributed by atoms with E-state index in [1.807, 2.05) is 18.2 Å². The fraction of sp³-hybridized carbons (Fsp3) is 0.529. The molecule has 2 aromatic rings. The molecule has 0 aromatic carbocycles. The zero-order valence-electron chi connectivity index (χ0n) is 14.7. The van der Waals surface area contributed by atoms with E-state index in [0.29, 0.717) is 12.8 Å². The number of methoxy groups -OCH3 is 1. The van der Waals surface area contributed by atoms with Gasteiger partial charge in [0.2, 0.25) is 0 Å². The number of alkyl halides is 1. The van der Waals surface area contributed by atoms with Gasteiger partial charge in [-0.1, -0.05) is 35.6 Å². The Bertz CT molecular complexity index is 697. The molecule has 2 heterocycles. The number of esters is 1. The number of ether oxygens (including phenoxy) is 2. The van der Waals surface area contributed by atoms with Gasteiger partial charge in [0, 0.05) is 20.4 Å². The molecule has 7 heteroatoms. The van der Waals surface area contributed by atoms with Crippen molar-refractivity contribution in [3.05, 3.63) is 29.6 Å². The van der Waals surface area contributed by atoms with Gasteiger partial charge in [-0.15, -0.1) is 0 Å². The van der Waals surface area contributed by atoms with Crippen LogP contribution in [0.1, 0.15) is 22.8 Å². The van der Waals surface area contributed by atoms with Gasteiger partial charge in [-0.2, -0.15) is 0 Å². The van der Waals surface area contributed by atoms with Crippen LogP contribution in [0.4, 0.5) is 0 Å². The van der Waals surface area contributed by atoms with Gasteiger partial charge >= 0.3 is 5.97 Å². The van der Waals surface area contributed by atoms with Crippen LogP contribution in [0, 0.1) is 0 Å². The average molecular weight is 413 g/mol. The molecule has 0 aliphatic heterocycles. The molecule has 0 saturated heterocycles. The van der Waals surface area contributed by atoms with Crippen LogP contribution in [-0.4, -0.2) is 37.7 Å². The lowest BCUT2D eigenvalue weighted by molar-refractivity contribution is -0.140. The molecule has 0 saturated carbocycles. The summed E-state index contributed by atoms with van der Waals surface area (Å²) in [7, 11) is 0.306. The van der Waals surface area contributed by atoms with Gasteiger partial charge < -0.3 is 14.5 Å². The molecule has 0 spiro atoms. The van der Waals surface area contributed by atoms with Crippen LogP contribution in [0.5, 0.6) is 0 Å². The van der Waals surface area contributed by atoms with E-state index in [1.165, 1.54) is 7.11 Å². The highest BCUT2D eigenvalue weighted by Crippen LogP contribution is 2.26. The normalized spacial score (nSPS) is 13.2. The van der Waals surface area contributed by atoms with Crippen molar-refractivity contribution >= 4 is 41.0 Å². The van der Waals surface area contributed by atoms with Crippen LogP contribution >= 0.6 is 15.9 Å². The van der Waals surface area contributed by atoms with E-state index in [0.717, 1.165) is 35.1 Å². The van der Waals surface area contributed by atoms with E-state index in [-0.39, 0.29) is 11.0 Å². The zero-order valence-corrected chi connectivity index (χ0v) is 17.3. The quantitative estimate of drug-likeness (QED) is 0.395. The van der Waals surface area contributed by atoms with Crippen molar-refractivity contribution in [3.8, 4) is 0 Å². The molecule has 0 aliphatic carbocycles. The van der Waals surface area contributed by atoms with Gasteiger partial charge in [0.05, 0.1) is 30.3 Å². The number of aromatic amines is 1. The molecule has 1 N–H and O–H groups in total. The molecule has 132 valence electrons. The minimum atomic E-state index is -1.10. The molecule has 2 rings (SSSR count). The van der Waals surface area contributed by atoms with E-state index in [1.54, 1.807) is 0 Å². The first-order chi connectivity index (χ1) is 11.3. The molecule has 0 amide bonds. The van der Waals surface area contributed by atoms with Gasteiger partial charge in [0.1, 0.15) is 0 Å². The lowest BCUT2D eigenvalue weighted by Crippen LogP contribution is -2.21. The van der Waals surface area contributed by atoms with E-state index in [9.17, 15) is 4.79 Å². The predicted molar refractivity (Wildman–Crippen MR) is 102 cm³/mol. The monoisotopic (exact) mass is 412 g/mol. The van der Waals surface area contributed by atoms with E-state index in [4.69, 9.17) is 4.74 Å². The van der Waals surface area contributed by atoms with Crippen LogP contribution in [0.15, 0.2) is 18.2 Å². The maximum atomic E-state index is 11.2. The van der Waals surface area contributed by atoms with Crippen molar-refractivity contribution in [2.45, 2.75) is 43.5 Å². The van der Waals surface area contributed by atoms with Crippen LogP contribution in [0.2, 0.25) is 25.7 Å². The molecule has 0 aliphatic rings. The standard InChI is InChI=1S/C17H25BrN2O3Si/c1-22-16(21)8-5-12-11-15-13(19-12)6-7-14(20-15)17(18)23-9-10-24(2,3)4/h6-7,11,17,19H,5,8-10H2,1-4H3. The second kappa shape index (κ2) is 8.27. The Kier molecular flexibility index (Phi) is 6.60. The Morgan fingerprint density at radius 3 is 2.79 bits per heavy atom. The molecular weight excluding hydrogens is 388 g/mol. The number of rotatable bonds is 8. The van der Waals surface area contributed by atoms with Crippen LogP contribution < -0.4 is 0 Å². The Morgan fingerprint density at radius 1 is 1.38 bits per heavy atom. The van der Waals surface area contributed by atoms with Gasteiger partial charge in [0.15, 0.2) is 5.01 Å². The minimum Gasteiger partial charge on any atom is -0.469 e. The van der Waals surface area contributed by atoms with Crippen LogP contribution in [-0.2, 0) is 20.7 Å². The summed E-state index contributed by atoms with van der Waals surface area (Å²) in [5, 5.41) is -0.202. The fourth-order valence-corrected chi connectivity index (χ4v) is 3.41. The molecule has 1 unspecified atom stereocenters. The third-order valence-corrected chi connectivity index (χ3v) is 6.16. The molecule has 2 aromatic heterocycles. The van der Waals surface area contributed by atoms with E-state index < -0.39 is 8.07 Å². The average Bonchev–Trinajstić information content (AvgIpc) is 2.93. The summed E-state index contributed by atoms with van der Waals surface area (Å²) in [5.74, 6) is -0.210. The van der Waals surface area contributed by atoms with Crippen LogP contribution in [0.25, 0.3) is 11.0 Å². The first-order valence-corrected chi connectivity index (χ1v) is 12.7. The summed E-state index contributed by atoms with van der Waals surface area (Å²) >= 11 is 3.56. The van der Waals surface area contributed by atoms with Gasteiger partial charge in [0.25, 0.3) is 0 Å². The van der Waals surface area contributed by atoms with E-state index in [2.05, 4.69) is 50.3 Å². The molecule has 5 nitrogen and oxygen atoms in total. The summed E-state index contributed by atoms with van der Waals surface area (Å²) < 4.78 is 10.5. The molecule has 0 fully saturated rings. The fourth-order valence-electron chi connectivity index (χ4n) is 2.23. The number of carbonyl (C=O) groups is 1. The number of hydrogen-bond acceptors (Lipinski definition) is 4. The van der Waals surface area contributed by atoms with Crippen molar-refractivity contribution < 1.29 is 14.3 Å². The number of fused-ring (bicyclic) bond motifs is 1. The first kappa shape index (κ1) is 19.1. The molecular formula is C17H25BrN2O3Si. The Morgan fingerprint density at radius 2 is 2.12 bits per heavy atom. The lowest BCUT2D eigenvalue weighted by atomic mass is 10.2. The second-order valence-electron chi connectivity index (χ2n) is 7.04. The maximum absolute atomic E-state index is 11.2. The Hall–Kier alpha value is -1.18. The third-order valence-electron chi connectivity index (χ3n) is 3.73.